The van der Waals surface area contributed by atoms with Gasteiger partial charge in [0.05, 0.1) is 24.1 Å². The molecule has 2 aliphatic heterocycles. The van der Waals surface area contributed by atoms with E-state index in [0.29, 0.717) is 0 Å². The van der Waals surface area contributed by atoms with Crippen molar-refractivity contribution >= 4 is 11.9 Å². The van der Waals surface area contributed by atoms with E-state index in [1.54, 1.807) is 0 Å². The lowest BCUT2D eigenvalue weighted by atomic mass is 9.96. The van der Waals surface area contributed by atoms with Gasteiger partial charge in [-0.1, -0.05) is 60.7 Å². The van der Waals surface area contributed by atoms with E-state index >= 15 is 0 Å². The monoisotopic (exact) mass is 414 g/mol. The van der Waals surface area contributed by atoms with Gasteiger partial charge in [0.25, 0.3) is 0 Å². The maximum absolute atomic E-state index is 9.58. The molecule has 2 heterocycles. The third kappa shape index (κ3) is 7.23. The fourth-order valence-corrected chi connectivity index (χ4v) is 3.41. The molecule has 4 rings (SSSR count). The Kier molecular flexibility index (Phi) is 9.43. The molecule has 2 aliphatic rings. The van der Waals surface area contributed by atoms with Crippen LogP contribution >= 0.6 is 0 Å². The van der Waals surface area contributed by atoms with Crippen LogP contribution < -0.4 is 20.8 Å². The first-order valence-electron chi connectivity index (χ1n) is 9.70. The predicted molar refractivity (Wildman–Crippen MR) is 106 cm³/mol. The first-order chi connectivity index (χ1) is 14.4. The normalized spacial score (nSPS) is 24.7. The van der Waals surface area contributed by atoms with Crippen LogP contribution in [-0.2, 0) is 9.59 Å². The van der Waals surface area contributed by atoms with Crippen molar-refractivity contribution in [3.05, 3.63) is 71.8 Å². The minimum atomic E-state index is -2.19. The van der Waals surface area contributed by atoms with Crippen molar-refractivity contribution in [3.8, 4) is 0 Å². The Morgan fingerprint density at radius 3 is 1.23 bits per heavy atom. The van der Waals surface area contributed by atoms with Gasteiger partial charge in [0.2, 0.25) is 0 Å². The molecule has 8 heteroatoms. The molecule has 2 aromatic rings. The number of hydrogen-bond acceptors (Lipinski definition) is 8. The number of carboxylic acid groups (broad SMARTS) is 2. The maximum atomic E-state index is 9.58. The number of carboxylic acids is 2. The van der Waals surface area contributed by atoms with Crippen LogP contribution in [0.2, 0.25) is 0 Å². The molecule has 162 valence electrons. The van der Waals surface area contributed by atoms with E-state index in [2.05, 4.69) is 34.9 Å². The van der Waals surface area contributed by atoms with Crippen LogP contribution in [0, 0.1) is 0 Å². The van der Waals surface area contributed by atoms with Crippen molar-refractivity contribution in [2.75, 3.05) is 26.2 Å². The van der Waals surface area contributed by atoms with Gasteiger partial charge in [-0.2, -0.15) is 0 Å². The van der Waals surface area contributed by atoms with Crippen molar-refractivity contribution in [2.45, 2.75) is 24.0 Å². The molecular weight excluding hydrogens is 388 g/mol. The number of nitrogens with one attached hydrogen (secondary N) is 2. The summed E-state index contributed by atoms with van der Waals surface area (Å²) in [5.74, 6) is -3.80. The predicted octanol–water partition coefficient (Wildman–Crippen LogP) is -2.05. The fourth-order valence-electron chi connectivity index (χ4n) is 3.41. The minimum Gasteiger partial charge on any atom is -0.543 e. The summed E-state index contributed by atoms with van der Waals surface area (Å²) in [6.07, 6.45) is -0.431. The second-order valence-corrected chi connectivity index (χ2v) is 7.06. The van der Waals surface area contributed by atoms with Crippen LogP contribution in [0.4, 0.5) is 0 Å². The molecule has 0 bridgehead atoms. The van der Waals surface area contributed by atoms with Crippen LogP contribution in [0.1, 0.15) is 23.0 Å². The van der Waals surface area contributed by atoms with Crippen molar-refractivity contribution in [3.63, 3.8) is 0 Å². The Bertz CT molecular complexity index is 719. The van der Waals surface area contributed by atoms with Gasteiger partial charge in [-0.25, -0.2) is 0 Å². The van der Waals surface area contributed by atoms with Crippen molar-refractivity contribution in [1.29, 1.82) is 0 Å². The number of hydrogen-bond donors (Lipinski definition) is 4. The number of aliphatic hydroxyl groups is 2. The number of carbonyl (C=O) groups excluding carboxylic acids is 2. The molecule has 2 fully saturated rings. The lowest BCUT2D eigenvalue weighted by Gasteiger charge is -2.12. The number of aliphatic hydroxyl groups excluding tert-OH is 2. The van der Waals surface area contributed by atoms with E-state index in [9.17, 15) is 10.2 Å². The first kappa shape index (κ1) is 23.5. The largest absolute Gasteiger partial charge is 0.543 e. The second-order valence-electron chi connectivity index (χ2n) is 7.06. The van der Waals surface area contributed by atoms with Crippen molar-refractivity contribution in [2.24, 2.45) is 0 Å². The van der Waals surface area contributed by atoms with E-state index < -0.39 is 11.9 Å². The van der Waals surface area contributed by atoms with Crippen LogP contribution in [0.3, 0.4) is 0 Å². The molecule has 4 atom stereocenters. The Hall–Kier alpha value is -2.78. The van der Waals surface area contributed by atoms with Crippen LogP contribution in [0.25, 0.3) is 0 Å². The summed E-state index contributed by atoms with van der Waals surface area (Å²) in [7, 11) is 0. The van der Waals surface area contributed by atoms with Crippen LogP contribution in [-0.4, -0.2) is 60.5 Å². The highest BCUT2D eigenvalue weighted by molar-refractivity contribution is 6.25. The van der Waals surface area contributed by atoms with Gasteiger partial charge in [-0.3, -0.25) is 0 Å². The molecule has 0 aromatic heterocycles. The highest BCUT2D eigenvalue weighted by atomic mass is 16.4. The SMILES string of the molecule is O=C([O-])C(=O)[O-].O[C@@H]1CNC[C@H]1c1ccccc1.O[C@@H]1CNC[C@H]1c1ccccc1. The molecule has 2 saturated heterocycles. The Morgan fingerprint density at radius 2 is 1.00 bits per heavy atom. The molecular formula is C22H26N2O6-2. The third-order valence-electron chi connectivity index (χ3n) is 4.99. The topological polar surface area (TPSA) is 145 Å². The molecule has 0 radical (unpaired) electrons. The van der Waals surface area contributed by atoms with Crippen molar-refractivity contribution in [1.82, 2.24) is 10.6 Å². The van der Waals surface area contributed by atoms with E-state index in [1.807, 2.05) is 36.4 Å². The van der Waals surface area contributed by atoms with E-state index in [4.69, 9.17) is 19.8 Å². The lowest BCUT2D eigenvalue weighted by molar-refractivity contribution is -0.345. The molecule has 8 nitrogen and oxygen atoms in total. The van der Waals surface area contributed by atoms with Crippen LogP contribution in [0.5, 0.6) is 0 Å². The highest BCUT2D eigenvalue weighted by Gasteiger charge is 2.26. The molecule has 0 amide bonds. The summed E-state index contributed by atoms with van der Waals surface area (Å²) >= 11 is 0. The summed E-state index contributed by atoms with van der Waals surface area (Å²) in [4.78, 5) is 17.9. The smallest absolute Gasteiger partial charge is 0.0870 e. The summed E-state index contributed by atoms with van der Waals surface area (Å²) < 4.78 is 0. The fraction of sp³-hybridized carbons (Fsp3) is 0.364. The number of rotatable bonds is 2. The zero-order valence-corrected chi connectivity index (χ0v) is 16.4. The number of β-amino-alcohol motifs (C(OH)–C–C–N with tert-alkyl or cyclic N) is 2. The van der Waals surface area contributed by atoms with Gasteiger partial charge in [0.1, 0.15) is 0 Å². The summed E-state index contributed by atoms with van der Waals surface area (Å²) in [5.41, 5.74) is 2.46. The zero-order valence-electron chi connectivity index (χ0n) is 16.4. The molecule has 0 aliphatic carbocycles. The number of aliphatic carboxylic acids is 2. The molecule has 30 heavy (non-hydrogen) atoms. The van der Waals surface area contributed by atoms with Gasteiger partial charge in [-0.15, -0.1) is 0 Å². The lowest BCUT2D eigenvalue weighted by Crippen LogP contribution is -2.42. The quantitative estimate of drug-likeness (QED) is 0.411. The van der Waals surface area contributed by atoms with Crippen LogP contribution in [0.15, 0.2) is 60.7 Å². The summed E-state index contributed by atoms with van der Waals surface area (Å²) in [6.45, 7) is 3.23. The van der Waals surface area contributed by atoms with Gasteiger partial charge < -0.3 is 40.6 Å². The zero-order chi connectivity index (χ0) is 21.9. The standard InChI is InChI=1S/2C10H13NO.C2H2O4/c2*12-10-7-11-6-9(10)8-4-2-1-3-5-8;3-1(4)2(5)6/h2*1-5,9-12H,6-7H2;(H,3,4)(H,5,6)/p-2/t2*9-,10+;/m00./s1. The number of benzene rings is 2. The Balaban J connectivity index is 0.000000171. The van der Waals surface area contributed by atoms with Gasteiger partial charge in [0, 0.05) is 38.0 Å². The van der Waals surface area contributed by atoms with E-state index in [-0.39, 0.29) is 24.0 Å². The molecule has 0 unspecified atom stereocenters. The number of carbonyl (C=O) groups is 2. The van der Waals surface area contributed by atoms with Gasteiger partial charge in [-0.05, 0) is 11.1 Å². The first-order valence-corrected chi connectivity index (χ1v) is 9.70. The summed E-state index contributed by atoms with van der Waals surface area (Å²) in [6, 6.07) is 20.3. The molecule has 2 aromatic carbocycles. The average molecular weight is 414 g/mol. The van der Waals surface area contributed by atoms with Crippen molar-refractivity contribution < 1.29 is 30.0 Å². The molecule has 0 saturated carbocycles. The van der Waals surface area contributed by atoms with Gasteiger partial charge >= 0.3 is 0 Å². The molecule has 4 N–H and O–H groups in total. The Labute approximate surface area is 175 Å². The second kappa shape index (κ2) is 12.0. The molecule has 0 spiro atoms. The highest BCUT2D eigenvalue weighted by Crippen LogP contribution is 2.22. The Morgan fingerprint density at radius 1 is 0.667 bits per heavy atom. The van der Waals surface area contributed by atoms with E-state index in [0.717, 1.165) is 26.2 Å². The van der Waals surface area contributed by atoms with Gasteiger partial charge in [0.15, 0.2) is 0 Å². The summed E-state index contributed by atoms with van der Waals surface area (Å²) in [5, 5.41) is 43.4. The maximum Gasteiger partial charge on any atom is 0.0870 e. The van der Waals surface area contributed by atoms with E-state index in [1.165, 1.54) is 11.1 Å². The third-order valence-corrected chi connectivity index (χ3v) is 4.99. The minimum absolute atomic E-state index is 0.215. The average Bonchev–Trinajstić information content (AvgIpc) is 3.38.